The molecule has 0 aliphatic rings. The summed E-state index contributed by atoms with van der Waals surface area (Å²) in [4.78, 5) is 36.0. The largest absolute Gasteiger partial charge is 0.465 e. The SMILES string of the molecule is COC(=O)c1cccc(NC(=O)CN(c2cccc(C(C)=O)c2)S(C)(=O)=O)c1C. The number of esters is 1. The summed E-state index contributed by atoms with van der Waals surface area (Å²) in [6.07, 6.45) is 0.976. The van der Waals surface area contributed by atoms with Crippen LogP contribution in [0.25, 0.3) is 0 Å². The molecule has 0 atom stereocenters. The molecule has 0 spiro atoms. The molecule has 1 amide bonds. The van der Waals surface area contributed by atoms with Crippen LogP contribution in [0.4, 0.5) is 11.4 Å². The Morgan fingerprint density at radius 3 is 2.34 bits per heavy atom. The fraction of sp³-hybridized carbons (Fsp3) is 0.250. The molecule has 2 rings (SSSR count). The lowest BCUT2D eigenvalue weighted by Crippen LogP contribution is -2.37. The molecule has 0 aliphatic heterocycles. The summed E-state index contributed by atoms with van der Waals surface area (Å²) >= 11 is 0. The Kier molecular flexibility index (Phi) is 6.76. The van der Waals surface area contributed by atoms with Crippen molar-refractivity contribution in [2.24, 2.45) is 0 Å². The van der Waals surface area contributed by atoms with Crippen LogP contribution in [0.5, 0.6) is 0 Å². The van der Waals surface area contributed by atoms with Gasteiger partial charge in [-0.1, -0.05) is 18.2 Å². The van der Waals surface area contributed by atoms with Crippen LogP contribution in [-0.4, -0.2) is 46.0 Å². The van der Waals surface area contributed by atoms with E-state index in [0.717, 1.165) is 10.6 Å². The lowest BCUT2D eigenvalue weighted by atomic mass is 10.1. The molecule has 0 bridgehead atoms. The third-order valence-corrected chi connectivity index (χ3v) is 5.38. The van der Waals surface area contributed by atoms with E-state index in [-0.39, 0.29) is 11.5 Å². The number of nitrogens with one attached hydrogen (secondary N) is 1. The van der Waals surface area contributed by atoms with Gasteiger partial charge < -0.3 is 10.1 Å². The highest BCUT2D eigenvalue weighted by Crippen LogP contribution is 2.22. The van der Waals surface area contributed by atoms with Gasteiger partial charge in [0.25, 0.3) is 0 Å². The summed E-state index contributed by atoms with van der Waals surface area (Å²) in [5.74, 6) is -1.37. The summed E-state index contributed by atoms with van der Waals surface area (Å²) in [5.41, 5.74) is 1.69. The molecule has 2 aromatic carbocycles. The van der Waals surface area contributed by atoms with E-state index >= 15 is 0 Å². The second kappa shape index (κ2) is 8.87. The van der Waals surface area contributed by atoms with Crippen molar-refractivity contribution >= 4 is 39.1 Å². The normalized spacial score (nSPS) is 10.9. The van der Waals surface area contributed by atoms with Crippen molar-refractivity contribution in [2.75, 3.05) is 29.5 Å². The van der Waals surface area contributed by atoms with Gasteiger partial charge in [-0.2, -0.15) is 0 Å². The highest BCUT2D eigenvalue weighted by molar-refractivity contribution is 7.92. The zero-order valence-corrected chi connectivity index (χ0v) is 17.4. The number of ether oxygens (including phenoxy) is 1. The van der Waals surface area contributed by atoms with Crippen LogP contribution in [0.2, 0.25) is 0 Å². The highest BCUT2D eigenvalue weighted by atomic mass is 32.2. The molecule has 0 unspecified atom stereocenters. The second-order valence-corrected chi connectivity index (χ2v) is 8.30. The Bertz CT molecular complexity index is 1060. The zero-order chi connectivity index (χ0) is 21.8. The fourth-order valence-corrected chi connectivity index (χ4v) is 3.55. The van der Waals surface area contributed by atoms with Crippen molar-refractivity contribution in [1.82, 2.24) is 0 Å². The molecule has 0 aromatic heterocycles. The minimum absolute atomic E-state index is 0.204. The van der Waals surface area contributed by atoms with E-state index in [1.165, 1.54) is 26.2 Å². The number of nitrogens with zero attached hydrogens (tertiary/aromatic N) is 1. The van der Waals surface area contributed by atoms with Crippen LogP contribution in [0.15, 0.2) is 42.5 Å². The highest BCUT2D eigenvalue weighted by Gasteiger charge is 2.22. The maximum Gasteiger partial charge on any atom is 0.338 e. The monoisotopic (exact) mass is 418 g/mol. The third kappa shape index (κ3) is 5.41. The Morgan fingerprint density at radius 2 is 1.76 bits per heavy atom. The Labute approximate surface area is 169 Å². The van der Waals surface area contributed by atoms with E-state index in [9.17, 15) is 22.8 Å². The molecule has 0 saturated carbocycles. The number of Topliss-reactive ketones (excluding diaryl/α,β-unsaturated/α-hetero) is 1. The smallest absolute Gasteiger partial charge is 0.338 e. The van der Waals surface area contributed by atoms with Gasteiger partial charge in [-0.3, -0.25) is 13.9 Å². The van der Waals surface area contributed by atoms with Gasteiger partial charge in [0.15, 0.2) is 5.78 Å². The van der Waals surface area contributed by atoms with Gasteiger partial charge in [-0.05, 0) is 43.7 Å². The van der Waals surface area contributed by atoms with Crippen LogP contribution in [0, 0.1) is 6.92 Å². The molecule has 0 saturated heterocycles. The molecule has 29 heavy (non-hydrogen) atoms. The predicted molar refractivity (Wildman–Crippen MR) is 110 cm³/mol. The van der Waals surface area contributed by atoms with Gasteiger partial charge in [0, 0.05) is 11.3 Å². The summed E-state index contributed by atoms with van der Waals surface area (Å²) in [6.45, 7) is 2.52. The first-order valence-electron chi connectivity index (χ1n) is 8.61. The molecule has 0 heterocycles. The van der Waals surface area contributed by atoms with Crippen LogP contribution >= 0.6 is 0 Å². The van der Waals surface area contributed by atoms with E-state index in [0.29, 0.717) is 22.4 Å². The molecule has 9 heteroatoms. The molecule has 2 aromatic rings. The molecule has 0 aliphatic carbocycles. The number of ketones is 1. The topological polar surface area (TPSA) is 110 Å². The van der Waals surface area contributed by atoms with E-state index < -0.39 is 28.4 Å². The lowest BCUT2D eigenvalue weighted by Gasteiger charge is -2.22. The van der Waals surface area contributed by atoms with Crippen molar-refractivity contribution in [3.8, 4) is 0 Å². The van der Waals surface area contributed by atoms with Crippen LogP contribution in [0.1, 0.15) is 33.2 Å². The summed E-state index contributed by atoms with van der Waals surface area (Å²) in [6, 6.07) is 10.8. The van der Waals surface area contributed by atoms with E-state index in [4.69, 9.17) is 4.74 Å². The molecule has 1 N–H and O–H groups in total. The van der Waals surface area contributed by atoms with Crippen molar-refractivity contribution in [3.63, 3.8) is 0 Å². The number of anilines is 2. The zero-order valence-electron chi connectivity index (χ0n) is 16.6. The first kappa shape index (κ1) is 22.1. The minimum Gasteiger partial charge on any atom is -0.465 e. The first-order chi connectivity index (χ1) is 13.5. The molecule has 8 nitrogen and oxygen atoms in total. The summed E-state index contributed by atoms with van der Waals surface area (Å²) in [7, 11) is -2.54. The number of carbonyl (C=O) groups is 3. The number of carbonyl (C=O) groups excluding carboxylic acids is 3. The number of benzene rings is 2. The number of sulfonamides is 1. The minimum atomic E-state index is -3.80. The summed E-state index contributed by atoms with van der Waals surface area (Å²) < 4.78 is 30.1. The van der Waals surface area contributed by atoms with Gasteiger partial charge in [0.1, 0.15) is 6.54 Å². The van der Waals surface area contributed by atoms with Crippen LogP contribution in [0.3, 0.4) is 0 Å². The van der Waals surface area contributed by atoms with E-state index in [2.05, 4.69) is 5.32 Å². The van der Waals surface area contributed by atoms with Gasteiger partial charge in [-0.25, -0.2) is 13.2 Å². The quantitative estimate of drug-likeness (QED) is 0.546. The number of hydrogen-bond donors (Lipinski definition) is 1. The van der Waals surface area contributed by atoms with Gasteiger partial charge >= 0.3 is 5.97 Å². The Balaban J connectivity index is 2.30. The van der Waals surface area contributed by atoms with Crippen LogP contribution < -0.4 is 9.62 Å². The van der Waals surface area contributed by atoms with Crippen molar-refractivity contribution < 1.29 is 27.5 Å². The standard InChI is InChI=1S/C20H22N2O6S/c1-13-17(20(25)28-3)9-6-10-18(13)21-19(24)12-22(29(4,26)27)16-8-5-7-15(11-16)14(2)23/h5-11H,12H2,1-4H3,(H,21,24). The fourth-order valence-electron chi connectivity index (χ4n) is 2.70. The number of rotatable bonds is 7. The Morgan fingerprint density at radius 1 is 1.10 bits per heavy atom. The molecular weight excluding hydrogens is 396 g/mol. The lowest BCUT2D eigenvalue weighted by molar-refractivity contribution is -0.114. The predicted octanol–water partition coefficient (Wildman–Crippen LogP) is 2.39. The maximum absolute atomic E-state index is 12.6. The summed E-state index contributed by atoms with van der Waals surface area (Å²) in [5, 5.41) is 2.62. The van der Waals surface area contributed by atoms with Crippen LogP contribution in [-0.2, 0) is 19.6 Å². The average Bonchev–Trinajstić information content (AvgIpc) is 2.66. The van der Waals surface area contributed by atoms with Gasteiger partial charge in [0.05, 0.1) is 24.6 Å². The molecule has 154 valence electrons. The number of amides is 1. The van der Waals surface area contributed by atoms with E-state index in [1.54, 1.807) is 37.3 Å². The second-order valence-electron chi connectivity index (χ2n) is 6.39. The number of hydrogen-bond acceptors (Lipinski definition) is 6. The molecule has 0 radical (unpaired) electrons. The first-order valence-corrected chi connectivity index (χ1v) is 10.5. The number of methoxy groups -OCH3 is 1. The average molecular weight is 418 g/mol. The third-order valence-electron chi connectivity index (χ3n) is 4.24. The van der Waals surface area contributed by atoms with Crippen molar-refractivity contribution in [3.05, 3.63) is 59.2 Å². The van der Waals surface area contributed by atoms with E-state index in [1.807, 2.05) is 0 Å². The van der Waals surface area contributed by atoms with Crippen molar-refractivity contribution in [2.45, 2.75) is 13.8 Å². The van der Waals surface area contributed by atoms with Gasteiger partial charge in [0.2, 0.25) is 15.9 Å². The molecular formula is C20H22N2O6S. The van der Waals surface area contributed by atoms with Crippen molar-refractivity contribution in [1.29, 1.82) is 0 Å². The Hall–Kier alpha value is -3.20. The molecule has 0 fully saturated rings. The van der Waals surface area contributed by atoms with Gasteiger partial charge in [-0.15, -0.1) is 0 Å². The maximum atomic E-state index is 12.6.